The van der Waals surface area contributed by atoms with Crippen molar-refractivity contribution in [3.63, 3.8) is 0 Å². The van der Waals surface area contributed by atoms with Crippen LogP contribution in [0.4, 0.5) is 5.69 Å². The van der Waals surface area contributed by atoms with Crippen molar-refractivity contribution in [1.82, 2.24) is 10.6 Å². The van der Waals surface area contributed by atoms with Gasteiger partial charge in [0.25, 0.3) is 5.69 Å². The number of thiocarbonyl (C=S) groups is 1. The van der Waals surface area contributed by atoms with Crippen molar-refractivity contribution in [2.45, 2.75) is 12.6 Å². The van der Waals surface area contributed by atoms with E-state index in [1.54, 1.807) is 0 Å². The molecule has 0 aliphatic rings. The smallest absolute Gasteiger partial charge is 0.269 e. The number of aliphatic hydroxyl groups is 1. The zero-order chi connectivity index (χ0) is 16.7. The molecule has 7 heteroatoms. The maximum atomic E-state index is 10.6. The van der Waals surface area contributed by atoms with Crippen molar-refractivity contribution in [2.75, 3.05) is 6.54 Å². The molecule has 0 fully saturated rings. The summed E-state index contributed by atoms with van der Waals surface area (Å²) in [7, 11) is 0. The van der Waals surface area contributed by atoms with E-state index >= 15 is 0 Å². The van der Waals surface area contributed by atoms with Gasteiger partial charge < -0.3 is 15.7 Å². The van der Waals surface area contributed by atoms with E-state index in [2.05, 4.69) is 10.6 Å². The van der Waals surface area contributed by atoms with E-state index in [1.807, 2.05) is 30.3 Å². The van der Waals surface area contributed by atoms with E-state index in [0.29, 0.717) is 17.2 Å². The van der Waals surface area contributed by atoms with Crippen LogP contribution >= 0.6 is 12.2 Å². The lowest BCUT2D eigenvalue weighted by atomic mass is 10.1. The van der Waals surface area contributed by atoms with Gasteiger partial charge in [0, 0.05) is 25.2 Å². The SMILES string of the molecule is O=[N+]([O-])c1ccc([C@H](O)CNC(=S)NCc2ccccc2)cc1. The molecule has 0 amide bonds. The van der Waals surface area contributed by atoms with E-state index < -0.39 is 11.0 Å². The number of nitrogens with zero attached hydrogens (tertiary/aromatic N) is 1. The topological polar surface area (TPSA) is 87.4 Å². The molecule has 3 N–H and O–H groups in total. The first-order valence-corrected chi connectivity index (χ1v) is 7.45. The van der Waals surface area contributed by atoms with Crippen LogP contribution in [0.3, 0.4) is 0 Å². The van der Waals surface area contributed by atoms with Crippen LogP contribution in [0.25, 0.3) is 0 Å². The average Bonchev–Trinajstić information content (AvgIpc) is 2.58. The fourth-order valence-corrected chi connectivity index (χ4v) is 2.12. The van der Waals surface area contributed by atoms with E-state index in [4.69, 9.17) is 12.2 Å². The Bertz CT molecular complexity index is 662. The first-order valence-electron chi connectivity index (χ1n) is 7.04. The van der Waals surface area contributed by atoms with Crippen molar-refractivity contribution in [1.29, 1.82) is 0 Å². The van der Waals surface area contributed by atoms with E-state index in [1.165, 1.54) is 24.3 Å². The van der Waals surface area contributed by atoms with Crippen LogP contribution in [-0.2, 0) is 6.54 Å². The van der Waals surface area contributed by atoms with Crippen LogP contribution in [0.15, 0.2) is 54.6 Å². The van der Waals surface area contributed by atoms with E-state index in [9.17, 15) is 15.2 Å². The third kappa shape index (κ3) is 5.32. The lowest BCUT2D eigenvalue weighted by Crippen LogP contribution is -2.37. The van der Waals surface area contributed by atoms with Gasteiger partial charge in [0.2, 0.25) is 0 Å². The number of non-ortho nitro benzene ring substituents is 1. The Morgan fingerprint density at radius 1 is 1.13 bits per heavy atom. The van der Waals surface area contributed by atoms with Crippen LogP contribution in [0.2, 0.25) is 0 Å². The molecule has 0 aromatic heterocycles. The molecule has 0 aliphatic carbocycles. The number of nitrogens with one attached hydrogen (secondary N) is 2. The predicted molar refractivity (Wildman–Crippen MR) is 91.9 cm³/mol. The molecule has 2 rings (SSSR count). The summed E-state index contributed by atoms with van der Waals surface area (Å²) in [6.07, 6.45) is -0.799. The standard InChI is InChI=1S/C16H17N3O3S/c20-15(13-6-8-14(9-7-13)19(21)22)11-18-16(23)17-10-12-4-2-1-3-5-12/h1-9,15,20H,10-11H2,(H2,17,18,23)/t15-/m1/s1. The number of benzene rings is 2. The van der Waals surface area contributed by atoms with Crippen molar-refractivity contribution in [2.24, 2.45) is 0 Å². The molecule has 0 unspecified atom stereocenters. The molecular formula is C16H17N3O3S. The Kier molecular flexibility index (Phi) is 6.02. The van der Waals surface area contributed by atoms with Gasteiger partial charge in [0.15, 0.2) is 5.11 Å². The Hall–Kier alpha value is -2.51. The Morgan fingerprint density at radius 3 is 2.39 bits per heavy atom. The van der Waals surface area contributed by atoms with Crippen molar-refractivity contribution in [3.05, 3.63) is 75.8 Å². The number of hydrogen-bond acceptors (Lipinski definition) is 4. The zero-order valence-corrected chi connectivity index (χ0v) is 13.1. The summed E-state index contributed by atoms with van der Waals surface area (Å²) in [5, 5.41) is 27.1. The molecule has 0 radical (unpaired) electrons. The lowest BCUT2D eigenvalue weighted by Gasteiger charge is -2.14. The fraction of sp³-hybridized carbons (Fsp3) is 0.188. The number of nitro benzene ring substituents is 1. The van der Waals surface area contributed by atoms with Crippen molar-refractivity contribution in [3.8, 4) is 0 Å². The Morgan fingerprint density at radius 2 is 1.78 bits per heavy atom. The molecule has 2 aromatic rings. The summed E-state index contributed by atoms with van der Waals surface area (Å²) in [5.74, 6) is 0. The predicted octanol–water partition coefficient (Wildman–Crippen LogP) is 2.29. The number of hydrogen-bond donors (Lipinski definition) is 3. The minimum atomic E-state index is -0.799. The molecule has 120 valence electrons. The highest BCUT2D eigenvalue weighted by Gasteiger charge is 2.10. The monoisotopic (exact) mass is 331 g/mol. The normalized spacial score (nSPS) is 11.5. The van der Waals surface area contributed by atoms with Gasteiger partial charge in [0.05, 0.1) is 11.0 Å². The minimum absolute atomic E-state index is 0.00559. The van der Waals surface area contributed by atoms with Gasteiger partial charge in [-0.1, -0.05) is 30.3 Å². The fourth-order valence-electron chi connectivity index (χ4n) is 1.97. The van der Waals surface area contributed by atoms with Gasteiger partial charge in [-0.15, -0.1) is 0 Å². The molecule has 0 aliphatic heterocycles. The van der Waals surface area contributed by atoms with E-state index in [0.717, 1.165) is 5.56 Å². The molecule has 1 atom stereocenters. The highest BCUT2D eigenvalue weighted by molar-refractivity contribution is 7.80. The maximum absolute atomic E-state index is 10.6. The molecule has 23 heavy (non-hydrogen) atoms. The molecule has 0 bridgehead atoms. The van der Waals surface area contributed by atoms with Crippen LogP contribution < -0.4 is 10.6 Å². The van der Waals surface area contributed by atoms with Gasteiger partial charge in [-0.05, 0) is 35.5 Å². The third-order valence-corrected chi connectivity index (χ3v) is 3.53. The summed E-state index contributed by atoms with van der Waals surface area (Å²) >= 11 is 5.15. The number of rotatable bonds is 6. The quantitative estimate of drug-likeness (QED) is 0.428. The molecule has 2 aromatic carbocycles. The molecule has 0 saturated heterocycles. The van der Waals surface area contributed by atoms with Gasteiger partial charge in [0.1, 0.15) is 0 Å². The van der Waals surface area contributed by atoms with Crippen LogP contribution in [0.5, 0.6) is 0 Å². The zero-order valence-electron chi connectivity index (χ0n) is 12.3. The van der Waals surface area contributed by atoms with Gasteiger partial charge in [-0.3, -0.25) is 10.1 Å². The summed E-state index contributed by atoms with van der Waals surface area (Å²) < 4.78 is 0. The average molecular weight is 331 g/mol. The summed E-state index contributed by atoms with van der Waals surface area (Å²) in [6, 6.07) is 15.6. The van der Waals surface area contributed by atoms with Crippen LogP contribution in [-0.4, -0.2) is 21.7 Å². The molecule has 0 heterocycles. The van der Waals surface area contributed by atoms with Crippen molar-refractivity contribution >= 4 is 23.0 Å². The molecular weight excluding hydrogens is 314 g/mol. The molecule has 0 spiro atoms. The summed E-state index contributed by atoms with van der Waals surface area (Å²) in [5.41, 5.74) is 1.69. The Labute approximate surface area is 139 Å². The van der Waals surface area contributed by atoms with Crippen LogP contribution in [0.1, 0.15) is 17.2 Å². The minimum Gasteiger partial charge on any atom is -0.387 e. The van der Waals surface area contributed by atoms with Crippen molar-refractivity contribution < 1.29 is 10.0 Å². The number of aliphatic hydroxyl groups excluding tert-OH is 1. The van der Waals surface area contributed by atoms with E-state index in [-0.39, 0.29) is 12.2 Å². The molecule has 0 saturated carbocycles. The first kappa shape index (κ1) is 16.9. The Balaban J connectivity index is 1.78. The summed E-state index contributed by atoms with van der Waals surface area (Å²) in [4.78, 5) is 10.1. The highest BCUT2D eigenvalue weighted by atomic mass is 32.1. The number of nitro groups is 1. The second-order valence-corrected chi connectivity index (χ2v) is 5.32. The van der Waals surface area contributed by atoms with Gasteiger partial charge >= 0.3 is 0 Å². The first-order chi connectivity index (χ1) is 11.1. The lowest BCUT2D eigenvalue weighted by molar-refractivity contribution is -0.384. The molecule has 6 nitrogen and oxygen atoms in total. The largest absolute Gasteiger partial charge is 0.387 e. The third-order valence-electron chi connectivity index (χ3n) is 3.24. The van der Waals surface area contributed by atoms with Gasteiger partial charge in [-0.25, -0.2) is 0 Å². The second-order valence-electron chi connectivity index (χ2n) is 4.91. The van der Waals surface area contributed by atoms with Crippen LogP contribution in [0, 0.1) is 10.1 Å². The summed E-state index contributed by atoms with van der Waals surface area (Å²) in [6.45, 7) is 0.818. The highest BCUT2D eigenvalue weighted by Crippen LogP contribution is 2.17. The van der Waals surface area contributed by atoms with Gasteiger partial charge in [-0.2, -0.15) is 0 Å². The second kappa shape index (κ2) is 8.21. The maximum Gasteiger partial charge on any atom is 0.269 e.